The number of hydrogen-bond donors (Lipinski definition) is 0. The average Bonchev–Trinajstić information content (AvgIpc) is 3.09. The average molecular weight is 338 g/mol. The molecule has 1 atom stereocenters. The van der Waals surface area contributed by atoms with Crippen LogP contribution < -0.4 is 9.47 Å². The highest BCUT2D eigenvalue weighted by Crippen LogP contribution is 2.20. The Morgan fingerprint density at radius 2 is 2.20 bits per heavy atom. The Balaban J connectivity index is 1.64. The molecule has 1 fully saturated rings. The molecule has 0 N–H and O–H groups in total. The molecule has 7 heteroatoms. The Bertz CT molecular complexity index is 814. The van der Waals surface area contributed by atoms with Crippen LogP contribution in [0.1, 0.15) is 28.0 Å². The van der Waals surface area contributed by atoms with Gasteiger partial charge in [-0.3, -0.25) is 4.79 Å². The molecule has 0 bridgehead atoms. The maximum Gasteiger partial charge on any atom is 0.254 e. The number of carbonyl (C=O) groups excluding carboxylic acids is 1. The number of aromatic nitrogens is 2. The van der Waals surface area contributed by atoms with Crippen LogP contribution in [0.5, 0.6) is 11.8 Å². The molecular formula is C18H18N4O3. The van der Waals surface area contributed by atoms with Crippen molar-refractivity contribution in [3.63, 3.8) is 0 Å². The van der Waals surface area contributed by atoms with Crippen molar-refractivity contribution >= 4 is 5.91 Å². The van der Waals surface area contributed by atoms with E-state index >= 15 is 0 Å². The van der Waals surface area contributed by atoms with Crippen LogP contribution in [-0.4, -0.2) is 47.1 Å². The van der Waals surface area contributed by atoms with Crippen molar-refractivity contribution in [1.82, 2.24) is 14.9 Å². The first-order valence-corrected chi connectivity index (χ1v) is 7.94. The summed E-state index contributed by atoms with van der Waals surface area (Å²) in [4.78, 5) is 22.7. The smallest absolute Gasteiger partial charge is 0.254 e. The lowest BCUT2D eigenvalue weighted by Gasteiger charge is -2.17. The number of hydrogen-bond acceptors (Lipinski definition) is 6. The first kappa shape index (κ1) is 16.7. The highest BCUT2D eigenvalue weighted by Gasteiger charge is 2.29. The quantitative estimate of drug-likeness (QED) is 0.847. The van der Waals surface area contributed by atoms with E-state index in [1.54, 1.807) is 29.2 Å². The van der Waals surface area contributed by atoms with Gasteiger partial charge in [0.1, 0.15) is 12.2 Å². The Labute approximate surface area is 145 Å². The van der Waals surface area contributed by atoms with Gasteiger partial charge in [-0.2, -0.15) is 5.26 Å². The summed E-state index contributed by atoms with van der Waals surface area (Å²) in [5, 5.41) is 8.79. The van der Waals surface area contributed by atoms with E-state index in [1.807, 2.05) is 13.0 Å². The Morgan fingerprint density at radius 3 is 2.88 bits per heavy atom. The fraction of sp³-hybridized carbons (Fsp3) is 0.333. The van der Waals surface area contributed by atoms with E-state index in [0.717, 1.165) is 12.1 Å². The fourth-order valence-electron chi connectivity index (χ4n) is 2.74. The summed E-state index contributed by atoms with van der Waals surface area (Å²) in [5.74, 6) is 0.819. The molecule has 128 valence electrons. The Hall–Kier alpha value is -3.14. The highest BCUT2D eigenvalue weighted by molar-refractivity contribution is 5.94. The van der Waals surface area contributed by atoms with E-state index in [2.05, 4.69) is 9.97 Å². The maximum atomic E-state index is 12.7. The monoisotopic (exact) mass is 338 g/mol. The third kappa shape index (κ3) is 3.86. The predicted molar refractivity (Wildman–Crippen MR) is 89.4 cm³/mol. The first-order chi connectivity index (χ1) is 12.1. The second-order valence-electron chi connectivity index (χ2n) is 5.82. The molecule has 7 nitrogen and oxygen atoms in total. The molecular weight excluding hydrogens is 320 g/mol. The number of nitriles is 1. The maximum absolute atomic E-state index is 12.7. The Kier molecular flexibility index (Phi) is 4.80. The van der Waals surface area contributed by atoms with Gasteiger partial charge in [0.25, 0.3) is 5.91 Å². The summed E-state index contributed by atoms with van der Waals surface area (Å²) >= 11 is 0. The van der Waals surface area contributed by atoms with Crippen molar-refractivity contribution in [3.05, 3.63) is 47.3 Å². The highest BCUT2D eigenvalue weighted by atomic mass is 16.5. The molecule has 0 saturated carbocycles. The van der Waals surface area contributed by atoms with Crippen molar-refractivity contribution in [3.8, 4) is 17.8 Å². The molecule has 1 aliphatic heterocycles. The number of carbonyl (C=O) groups is 1. The van der Waals surface area contributed by atoms with Crippen LogP contribution in [0, 0.1) is 18.3 Å². The minimum absolute atomic E-state index is 0.0670. The normalized spacial score (nSPS) is 16.4. The van der Waals surface area contributed by atoms with Gasteiger partial charge in [0.2, 0.25) is 11.8 Å². The minimum atomic E-state index is -0.116. The molecule has 1 saturated heterocycles. The van der Waals surface area contributed by atoms with Crippen LogP contribution in [0.3, 0.4) is 0 Å². The predicted octanol–water partition coefficient (Wildman–Crippen LogP) is 1.96. The van der Waals surface area contributed by atoms with Gasteiger partial charge >= 0.3 is 0 Å². The molecule has 0 spiro atoms. The van der Waals surface area contributed by atoms with Gasteiger partial charge < -0.3 is 14.4 Å². The summed E-state index contributed by atoms with van der Waals surface area (Å²) in [6.45, 7) is 2.93. The number of amides is 1. The number of aryl methyl sites for hydroxylation is 1. The second-order valence-corrected chi connectivity index (χ2v) is 5.82. The molecule has 1 amide bonds. The molecule has 3 rings (SSSR count). The molecule has 3 heterocycles. The lowest BCUT2D eigenvalue weighted by molar-refractivity contribution is 0.0770. The van der Waals surface area contributed by atoms with E-state index in [0.29, 0.717) is 36.0 Å². The third-order valence-electron chi connectivity index (χ3n) is 3.97. The molecule has 1 aliphatic rings. The zero-order chi connectivity index (χ0) is 17.8. The van der Waals surface area contributed by atoms with E-state index in [9.17, 15) is 4.79 Å². The van der Waals surface area contributed by atoms with Gasteiger partial charge in [0.15, 0.2) is 0 Å². The lowest BCUT2D eigenvalue weighted by atomic mass is 10.2. The molecule has 0 aliphatic carbocycles. The van der Waals surface area contributed by atoms with Crippen molar-refractivity contribution in [2.45, 2.75) is 19.4 Å². The molecule has 0 aromatic carbocycles. The summed E-state index contributed by atoms with van der Waals surface area (Å²) in [5.41, 5.74) is 1.77. The van der Waals surface area contributed by atoms with Crippen LogP contribution in [0.15, 0.2) is 30.5 Å². The molecule has 25 heavy (non-hydrogen) atoms. The van der Waals surface area contributed by atoms with Crippen LogP contribution in [0.2, 0.25) is 0 Å². The SMILES string of the molecule is COc1cc(C(=O)N2CCC(Oc3ccc(C#N)cn3)C2)cc(C)n1. The van der Waals surface area contributed by atoms with Crippen molar-refractivity contribution in [2.75, 3.05) is 20.2 Å². The van der Waals surface area contributed by atoms with Crippen LogP contribution in [-0.2, 0) is 0 Å². The van der Waals surface area contributed by atoms with Crippen LogP contribution >= 0.6 is 0 Å². The van der Waals surface area contributed by atoms with E-state index in [4.69, 9.17) is 14.7 Å². The summed E-state index contributed by atoms with van der Waals surface area (Å²) in [7, 11) is 1.53. The summed E-state index contributed by atoms with van der Waals surface area (Å²) < 4.78 is 10.9. The second kappa shape index (κ2) is 7.18. The van der Waals surface area contributed by atoms with Crippen LogP contribution in [0.25, 0.3) is 0 Å². The topological polar surface area (TPSA) is 88.3 Å². The minimum Gasteiger partial charge on any atom is -0.481 e. The van der Waals surface area contributed by atoms with E-state index in [-0.39, 0.29) is 12.0 Å². The first-order valence-electron chi connectivity index (χ1n) is 7.94. The van der Waals surface area contributed by atoms with Gasteiger partial charge in [-0.15, -0.1) is 0 Å². The van der Waals surface area contributed by atoms with Gasteiger partial charge in [0.05, 0.1) is 19.2 Å². The molecule has 0 radical (unpaired) electrons. The number of pyridine rings is 2. The largest absolute Gasteiger partial charge is 0.481 e. The fourth-order valence-corrected chi connectivity index (χ4v) is 2.74. The number of ether oxygens (including phenoxy) is 2. The van der Waals surface area contributed by atoms with E-state index < -0.39 is 0 Å². The molecule has 2 aromatic rings. The van der Waals surface area contributed by atoms with Gasteiger partial charge in [-0.1, -0.05) is 0 Å². The van der Waals surface area contributed by atoms with Gasteiger partial charge in [-0.05, 0) is 19.1 Å². The Morgan fingerprint density at radius 1 is 1.36 bits per heavy atom. The zero-order valence-electron chi connectivity index (χ0n) is 14.1. The van der Waals surface area contributed by atoms with Crippen molar-refractivity contribution in [1.29, 1.82) is 5.26 Å². The summed E-state index contributed by atoms with van der Waals surface area (Å²) in [6, 6.07) is 8.74. The van der Waals surface area contributed by atoms with Crippen LogP contribution in [0.4, 0.5) is 0 Å². The third-order valence-corrected chi connectivity index (χ3v) is 3.97. The number of likely N-dealkylation sites (tertiary alicyclic amines) is 1. The lowest BCUT2D eigenvalue weighted by Crippen LogP contribution is -2.31. The van der Waals surface area contributed by atoms with Crippen molar-refractivity contribution in [2.24, 2.45) is 0 Å². The number of rotatable bonds is 4. The summed E-state index contributed by atoms with van der Waals surface area (Å²) in [6.07, 6.45) is 2.09. The van der Waals surface area contributed by atoms with Gasteiger partial charge in [0, 0.05) is 42.6 Å². The van der Waals surface area contributed by atoms with Gasteiger partial charge in [-0.25, -0.2) is 9.97 Å². The standard InChI is InChI=1S/C18H18N4O3/c1-12-7-14(8-17(21-12)24-2)18(23)22-6-5-15(11-22)25-16-4-3-13(9-19)10-20-16/h3-4,7-8,10,15H,5-6,11H2,1-2H3. The number of methoxy groups -OCH3 is 1. The zero-order valence-corrected chi connectivity index (χ0v) is 14.1. The number of nitrogens with zero attached hydrogens (tertiary/aromatic N) is 4. The molecule has 2 aromatic heterocycles. The molecule has 1 unspecified atom stereocenters. The van der Waals surface area contributed by atoms with Crippen molar-refractivity contribution < 1.29 is 14.3 Å². The van der Waals surface area contributed by atoms with E-state index in [1.165, 1.54) is 13.3 Å².